The zero-order chi connectivity index (χ0) is 18.7. The van der Waals surface area contributed by atoms with E-state index in [1.54, 1.807) is 0 Å². The average Bonchev–Trinajstić information content (AvgIpc) is 2.94. The van der Waals surface area contributed by atoms with E-state index in [0.717, 1.165) is 42.0 Å². The molecule has 2 aromatic carbocycles. The Morgan fingerprint density at radius 1 is 0.962 bits per heavy atom. The van der Waals surface area contributed by atoms with Crippen molar-refractivity contribution < 1.29 is 9.84 Å². The number of imidazole rings is 1. The Labute approximate surface area is 155 Å². The number of aliphatic hydroxyl groups is 1. The molecular weight excluding hydrogens is 324 g/mol. The van der Waals surface area contributed by atoms with Gasteiger partial charge < -0.3 is 14.4 Å². The molecule has 0 saturated carbocycles. The molecule has 0 amide bonds. The van der Waals surface area contributed by atoms with Crippen molar-refractivity contribution in [2.45, 2.75) is 53.7 Å². The lowest BCUT2D eigenvalue weighted by molar-refractivity contribution is 0.263. The van der Waals surface area contributed by atoms with E-state index < -0.39 is 0 Å². The molecule has 0 aliphatic carbocycles. The van der Waals surface area contributed by atoms with E-state index in [0.29, 0.717) is 6.61 Å². The second-order valence-electron chi connectivity index (χ2n) is 7.04. The Hall–Kier alpha value is -2.33. The SMILES string of the molecule is Cc1cc2nc(CO)n(CCCCOc3c(C)cccc3C)c2cc1C. The number of ether oxygens (including phenoxy) is 1. The first-order valence-corrected chi connectivity index (χ1v) is 9.27. The normalized spacial score (nSPS) is 11.3. The van der Waals surface area contributed by atoms with Gasteiger partial charge >= 0.3 is 0 Å². The van der Waals surface area contributed by atoms with E-state index in [-0.39, 0.29) is 6.61 Å². The van der Waals surface area contributed by atoms with Crippen molar-refractivity contribution >= 4 is 11.0 Å². The van der Waals surface area contributed by atoms with Crippen LogP contribution in [0.15, 0.2) is 30.3 Å². The highest BCUT2D eigenvalue weighted by Gasteiger charge is 2.11. The van der Waals surface area contributed by atoms with Crippen molar-refractivity contribution in [3.05, 3.63) is 58.4 Å². The molecule has 0 unspecified atom stereocenters. The van der Waals surface area contributed by atoms with Crippen molar-refractivity contribution in [3.63, 3.8) is 0 Å². The van der Waals surface area contributed by atoms with Crippen LogP contribution in [0, 0.1) is 27.7 Å². The van der Waals surface area contributed by atoms with Gasteiger partial charge in [-0.1, -0.05) is 18.2 Å². The molecule has 0 aliphatic rings. The Morgan fingerprint density at radius 3 is 2.35 bits per heavy atom. The van der Waals surface area contributed by atoms with Crippen LogP contribution in [0.5, 0.6) is 5.75 Å². The van der Waals surface area contributed by atoms with Gasteiger partial charge in [-0.25, -0.2) is 4.98 Å². The number of hydrogen-bond acceptors (Lipinski definition) is 3. The lowest BCUT2D eigenvalue weighted by Gasteiger charge is -2.12. The van der Waals surface area contributed by atoms with Gasteiger partial charge in [-0.2, -0.15) is 0 Å². The summed E-state index contributed by atoms with van der Waals surface area (Å²) < 4.78 is 8.13. The molecule has 1 heterocycles. The van der Waals surface area contributed by atoms with Crippen LogP contribution in [0.25, 0.3) is 11.0 Å². The number of benzene rings is 2. The standard InChI is InChI=1S/C22H28N2O2/c1-15-8-7-9-16(2)22(15)26-11-6-5-10-24-20-13-18(4)17(3)12-19(20)23-21(24)14-25/h7-9,12-13,25H,5-6,10-11,14H2,1-4H3. The smallest absolute Gasteiger partial charge is 0.135 e. The summed E-state index contributed by atoms with van der Waals surface area (Å²) >= 11 is 0. The summed E-state index contributed by atoms with van der Waals surface area (Å²) in [6.07, 6.45) is 1.94. The Balaban J connectivity index is 1.64. The third-order valence-electron chi connectivity index (χ3n) is 5.02. The largest absolute Gasteiger partial charge is 0.493 e. The molecule has 4 heteroatoms. The monoisotopic (exact) mass is 352 g/mol. The number of aryl methyl sites for hydroxylation is 5. The maximum absolute atomic E-state index is 9.66. The lowest BCUT2D eigenvalue weighted by atomic mass is 10.1. The number of rotatable bonds is 7. The van der Waals surface area contributed by atoms with Gasteiger partial charge in [-0.15, -0.1) is 0 Å². The summed E-state index contributed by atoms with van der Waals surface area (Å²) in [6, 6.07) is 10.5. The number of para-hydroxylation sites is 1. The van der Waals surface area contributed by atoms with Crippen LogP contribution in [0.1, 0.15) is 40.9 Å². The fourth-order valence-electron chi connectivity index (χ4n) is 3.37. The van der Waals surface area contributed by atoms with Crippen molar-refractivity contribution in [1.29, 1.82) is 0 Å². The van der Waals surface area contributed by atoms with Crippen molar-refractivity contribution in [1.82, 2.24) is 9.55 Å². The fourth-order valence-corrected chi connectivity index (χ4v) is 3.37. The third kappa shape index (κ3) is 3.75. The number of nitrogens with zero attached hydrogens (tertiary/aromatic N) is 2. The minimum atomic E-state index is -0.0360. The average molecular weight is 352 g/mol. The predicted molar refractivity (Wildman–Crippen MR) is 106 cm³/mol. The maximum atomic E-state index is 9.66. The Bertz CT molecular complexity index is 892. The van der Waals surface area contributed by atoms with Crippen LogP contribution < -0.4 is 4.74 Å². The van der Waals surface area contributed by atoms with Crippen LogP contribution in [0.3, 0.4) is 0 Å². The quantitative estimate of drug-likeness (QED) is 0.631. The first-order chi connectivity index (χ1) is 12.5. The first-order valence-electron chi connectivity index (χ1n) is 9.27. The summed E-state index contributed by atoms with van der Waals surface area (Å²) in [5.74, 6) is 1.74. The summed E-state index contributed by atoms with van der Waals surface area (Å²) in [4.78, 5) is 4.58. The molecule has 0 aliphatic heterocycles. The predicted octanol–water partition coefficient (Wildman–Crippen LogP) is 4.62. The number of aromatic nitrogens is 2. The number of hydrogen-bond donors (Lipinski definition) is 1. The maximum Gasteiger partial charge on any atom is 0.135 e. The molecular formula is C22H28N2O2. The van der Waals surface area contributed by atoms with Gasteiger partial charge in [0, 0.05) is 6.54 Å². The molecule has 3 aromatic rings. The summed E-state index contributed by atoms with van der Waals surface area (Å²) in [7, 11) is 0. The highest BCUT2D eigenvalue weighted by Crippen LogP contribution is 2.23. The zero-order valence-corrected chi connectivity index (χ0v) is 16.2. The molecule has 1 N–H and O–H groups in total. The highest BCUT2D eigenvalue weighted by atomic mass is 16.5. The van der Waals surface area contributed by atoms with Gasteiger partial charge in [0.15, 0.2) is 0 Å². The molecule has 3 rings (SSSR count). The minimum absolute atomic E-state index is 0.0360. The van der Waals surface area contributed by atoms with E-state index in [1.165, 1.54) is 22.3 Å². The minimum Gasteiger partial charge on any atom is -0.493 e. The number of fused-ring (bicyclic) bond motifs is 1. The van der Waals surface area contributed by atoms with E-state index in [9.17, 15) is 5.11 Å². The summed E-state index contributed by atoms with van der Waals surface area (Å²) in [5, 5.41) is 9.66. The van der Waals surface area contributed by atoms with Crippen molar-refractivity contribution in [3.8, 4) is 5.75 Å². The van der Waals surface area contributed by atoms with E-state index in [2.05, 4.69) is 67.6 Å². The van der Waals surface area contributed by atoms with Gasteiger partial charge in [0.25, 0.3) is 0 Å². The van der Waals surface area contributed by atoms with E-state index >= 15 is 0 Å². The summed E-state index contributed by atoms with van der Waals surface area (Å²) in [5.41, 5.74) is 6.91. The van der Waals surface area contributed by atoms with Crippen LogP contribution in [-0.4, -0.2) is 21.3 Å². The molecule has 138 valence electrons. The molecule has 0 bridgehead atoms. The van der Waals surface area contributed by atoms with Gasteiger partial charge in [0.05, 0.1) is 17.6 Å². The fraction of sp³-hybridized carbons (Fsp3) is 0.409. The zero-order valence-electron chi connectivity index (χ0n) is 16.2. The first kappa shape index (κ1) is 18.5. The molecule has 26 heavy (non-hydrogen) atoms. The van der Waals surface area contributed by atoms with Crippen molar-refractivity contribution in [2.75, 3.05) is 6.61 Å². The summed E-state index contributed by atoms with van der Waals surface area (Å²) in [6.45, 7) is 9.87. The van der Waals surface area contributed by atoms with Crippen LogP contribution in [0.2, 0.25) is 0 Å². The lowest BCUT2D eigenvalue weighted by Crippen LogP contribution is -2.07. The van der Waals surface area contributed by atoms with E-state index in [1.807, 2.05) is 0 Å². The van der Waals surface area contributed by atoms with Crippen LogP contribution in [-0.2, 0) is 13.2 Å². The molecule has 0 radical (unpaired) electrons. The molecule has 4 nitrogen and oxygen atoms in total. The second-order valence-corrected chi connectivity index (χ2v) is 7.04. The van der Waals surface area contributed by atoms with Gasteiger partial charge in [-0.3, -0.25) is 0 Å². The molecule has 0 saturated heterocycles. The molecule has 1 aromatic heterocycles. The topological polar surface area (TPSA) is 47.3 Å². The van der Waals surface area contributed by atoms with Crippen molar-refractivity contribution in [2.24, 2.45) is 0 Å². The Kier molecular flexibility index (Phi) is 5.62. The van der Waals surface area contributed by atoms with E-state index in [4.69, 9.17) is 4.74 Å². The van der Waals surface area contributed by atoms with Gasteiger partial charge in [0.1, 0.15) is 18.2 Å². The van der Waals surface area contributed by atoms with Crippen LogP contribution >= 0.6 is 0 Å². The van der Waals surface area contributed by atoms with Crippen LogP contribution in [0.4, 0.5) is 0 Å². The van der Waals surface area contributed by atoms with Gasteiger partial charge in [0.2, 0.25) is 0 Å². The third-order valence-corrected chi connectivity index (χ3v) is 5.02. The molecule has 0 spiro atoms. The molecule has 0 fully saturated rings. The molecule has 0 atom stereocenters. The second kappa shape index (κ2) is 7.92. The van der Waals surface area contributed by atoms with Gasteiger partial charge in [-0.05, 0) is 74.9 Å². The number of unbranched alkanes of at least 4 members (excludes halogenated alkanes) is 1. The Morgan fingerprint density at radius 2 is 1.65 bits per heavy atom. The number of aliphatic hydroxyl groups excluding tert-OH is 1. The highest BCUT2D eigenvalue weighted by molar-refractivity contribution is 5.78.